The molecule has 0 nitrogen and oxygen atoms in total. The SMILES string of the molecule is Fc1ccc(CC(Cl)C2C3C4CCC(C4)C23)cc1F. The molecule has 0 spiro atoms. The monoisotopic (exact) mass is 282 g/mol. The van der Waals surface area contributed by atoms with Crippen LogP contribution in [0.3, 0.4) is 0 Å². The molecule has 0 aromatic heterocycles. The van der Waals surface area contributed by atoms with Gasteiger partial charge in [0, 0.05) is 5.38 Å². The summed E-state index contributed by atoms with van der Waals surface area (Å²) < 4.78 is 26.1. The van der Waals surface area contributed by atoms with Gasteiger partial charge in [-0.2, -0.15) is 0 Å². The highest BCUT2D eigenvalue weighted by Crippen LogP contribution is 2.71. The van der Waals surface area contributed by atoms with E-state index in [1.54, 1.807) is 6.07 Å². The first kappa shape index (κ1) is 12.1. The Morgan fingerprint density at radius 1 is 1.11 bits per heavy atom. The second kappa shape index (κ2) is 4.18. The van der Waals surface area contributed by atoms with E-state index in [1.807, 2.05) is 0 Å². The van der Waals surface area contributed by atoms with E-state index in [-0.39, 0.29) is 5.38 Å². The fraction of sp³-hybridized carbons (Fsp3) is 0.625. The van der Waals surface area contributed by atoms with Gasteiger partial charge in [0.2, 0.25) is 0 Å². The summed E-state index contributed by atoms with van der Waals surface area (Å²) >= 11 is 6.55. The molecule has 0 heterocycles. The Balaban J connectivity index is 1.45. The first-order chi connectivity index (χ1) is 9.15. The lowest BCUT2D eigenvalue weighted by molar-refractivity contribution is 0.449. The maximum Gasteiger partial charge on any atom is 0.159 e. The van der Waals surface area contributed by atoms with E-state index in [1.165, 1.54) is 31.4 Å². The predicted octanol–water partition coefficient (Wildman–Crippen LogP) is 4.41. The van der Waals surface area contributed by atoms with Gasteiger partial charge in [-0.1, -0.05) is 6.07 Å². The molecule has 5 atom stereocenters. The van der Waals surface area contributed by atoms with Crippen LogP contribution in [0, 0.1) is 41.2 Å². The third-order valence-corrected chi connectivity index (χ3v) is 6.07. The Bertz CT molecular complexity index is 499. The number of hydrogen-bond acceptors (Lipinski definition) is 0. The van der Waals surface area contributed by atoms with Gasteiger partial charge < -0.3 is 0 Å². The molecule has 19 heavy (non-hydrogen) atoms. The fourth-order valence-electron chi connectivity index (χ4n) is 4.90. The van der Waals surface area contributed by atoms with Crippen molar-refractivity contribution in [3.8, 4) is 0 Å². The van der Waals surface area contributed by atoms with Crippen LogP contribution in [-0.4, -0.2) is 5.38 Å². The van der Waals surface area contributed by atoms with E-state index >= 15 is 0 Å². The van der Waals surface area contributed by atoms with Gasteiger partial charge in [-0.25, -0.2) is 8.78 Å². The fourth-order valence-corrected chi connectivity index (χ4v) is 5.42. The van der Waals surface area contributed by atoms with Gasteiger partial charge >= 0.3 is 0 Å². The summed E-state index contributed by atoms with van der Waals surface area (Å²) in [5, 5.41) is 0.0864. The van der Waals surface area contributed by atoms with Crippen molar-refractivity contribution in [3.05, 3.63) is 35.4 Å². The molecular formula is C16H17ClF2. The molecule has 5 unspecified atom stereocenters. The lowest BCUT2D eigenvalue weighted by Gasteiger charge is -2.14. The first-order valence-electron chi connectivity index (χ1n) is 7.23. The zero-order valence-corrected chi connectivity index (χ0v) is 11.4. The summed E-state index contributed by atoms with van der Waals surface area (Å²) in [6.45, 7) is 0. The third kappa shape index (κ3) is 1.83. The molecule has 0 amide bonds. The van der Waals surface area contributed by atoms with Crippen LogP contribution in [0.2, 0.25) is 0 Å². The normalized spacial score (nSPS) is 40.3. The highest BCUT2D eigenvalue weighted by atomic mass is 35.5. The third-order valence-electron chi connectivity index (χ3n) is 5.63. The molecule has 0 N–H and O–H groups in total. The van der Waals surface area contributed by atoms with Gasteiger partial charge in [-0.3, -0.25) is 0 Å². The summed E-state index contributed by atoms with van der Waals surface area (Å²) in [5.74, 6) is 2.57. The molecule has 3 fully saturated rings. The minimum atomic E-state index is -0.781. The van der Waals surface area contributed by atoms with E-state index in [0.29, 0.717) is 12.3 Å². The number of fused-ring (bicyclic) bond motifs is 5. The minimum Gasteiger partial charge on any atom is -0.204 e. The number of halogens is 3. The molecule has 0 aliphatic heterocycles. The van der Waals surface area contributed by atoms with E-state index in [2.05, 4.69) is 0 Å². The maximum absolute atomic E-state index is 13.2. The molecule has 3 saturated carbocycles. The summed E-state index contributed by atoms with van der Waals surface area (Å²) in [5.41, 5.74) is 0.816. The van der Waals surface area contributed by atoms with E-state index in [4.69, 9.17) is 11.6 Å². The van der Waals surface area contributed by atoms with Crippen LogP contribution in [0.25, 0.3) is 0 Å². The topological polar surface area (TPSA) is 0 Å². The van der Waals surface area contributed by atoms with Crippen LogP contribution in [0.1, 0.15) is 24.8 Å². The van der Waals surface area contributed by atoms with Crippen LogP contribution in [0.15, 0.2) is 18.2 Å². The molecule has 3 aliphatic rings. The Morgan fingerprint density at radius 2 is 1.79 bits per heavy atom. The van der Waals surface area contributed by atoms with Crippen molar-refractivity contribution in [3.63, 3.8) is 0 Å². The zero-order chi connectivity index (χ0) is 13.1. The summed E-state index contributed by atoms with van der Waals surface area (Å²) in [4.78, 5) is 0. The highest BCUT2D eigenvalue weighted by molar-refractivity contribution is 6.21. The second-order valence-electron chi connectivity index (χ2n) is 6.53. The first-order valence-corrected chi connectivity index (χ1v) is 7.67. The van der Waals surface area contributed by atoms with Gasteiger partial charge in [0.25, 0.3) is 0 Å². The Labute approximate surface area is 117 Å². The van der Waals surface area contributed by atoms with Gasteiger partial charge in [-0.15, -0.1) is 11.6 Å². The van der Waals surface area contributed by atoms with Gasteiger partial charge in [0.15, 0.2) is 11.6 Å². The quantitative estimate of drug-likeness (QED) is 0.721. The zero-order valence-electron chi connectivity index (χ0n) is 10.7. The van der Waals surface area contributed by atoms with E-state index in [9.17, 15) is 8.78 Å². The van der Waals surface area contributed by atoms with Gasteiger partial charge in [0.1, 0.15) is 0 Å². The molecule has 1 aromatic carbocycles. The number of alkyl halides is 1. The van der Waals surface area contributed by atoms with E-state index < -0.39 is 11.6 Å². The molecular weight excluding hydrogens is 266 g/mol. The average Bonchev–Trinajstić information content (AvgIpc) is 2.83. The number of benzene rings is 1. The molecule has 0 radical (unpaired) electrons. The summed E-state index contributed by atoms with van der Waals surface area (Å²) in [6, 6.07) is 4.14. The predicted molar refractivity (Wildman–Crippen MR) is 71.0 cm³/mol. The lowest BCUT2D eigenvalue weighted by atomic mass is 9.97. The largest absolute Gasteiger partial charge is 0.204 e. The van der Waals surface area contributed by atoms with Crippen molar-refractivity contribution in [2.45, 2.75) is 31.1 Å². The highest BCUT2D eigenvalue weighted by Gasteiger charge is 2.66. The molecule has 4 rings (SSSR count). The van der Waals surface area contributed by atoms with Gasteiger partial charge in [0.05, 0.1) is 0 Å². The Morgan fingerprint density at radius 3 is 2.42 bits per heavy atom. The lowest BCUT2D eigenvalue weighted by Crippen LogP contribution is -2.13. The maximum atomic E-state index is 13.2. The molecule has 0 saturated heterocycles. The van der Waals surface area contributed by atoms with Crippen molar-refractivity contribution in [1.82, 2.24) is 0 Å². The molecule has 102 valence electrons. The van der Waals surface area contributed by atoms with Crippen molar-refractivity contribution in [1.29, 1.82) is 0 Å². The molecule has 3 heteroatoms. The van der Waals surface area contributed by atoms with Crippen LogP contribution in [0.5, 0.6) is 0 Å². The van der Waals surface area contributed by atoms with Gasteiger partial charge in [-0.05, 0) is 73.0 Å². The van der Waals surface area contributed by atoms with E-state index in [0.717, 1.165) is 29.2 Å². The molecule has 2 bridgehead atoms. The summed E-state index contributed by atoms with van der Waals surface area (Å²) in [7, 11) is 0. The van der Waals surface area contributed by atoms with Crippen molar-refractivity contribution in [2.24, 2.45) is 29.6 Å². The Kier molecular flexibility index (Phi) is 2.67. The van der Waals surface area contributed by atoms with Crippen molar-refractivity contribution < 1.29 is 8.78 Å². The minimum absolute atomic E-state index is 0.0864. The summed E-state index contributed by atoms with van der Waals surface area (Å²) in [6.07, 6.45) is 4.85. The number of rotatable bonds is 3. The number of hydrogen-bond donors (Lipinski definition) is 0. The molecule has 3 aliphatic carbocycles. The van der Waals surface area contributed by atoms with Crippen LogP contribution < -0.4 is 0 Å². The Hall–Kier alpha value is -0.630. The smallest absolute Gasteiger partial charge is 0.159 e. The average molecular weight is 283 g/mol. The molecule has 1 aromatic rings. The standard InChI is InChI=1S/C16H17ClF2/c17-11(5-8-1-4-12(18)13(19)6-8)16-14-9-2-3-10(7-9)15(14)16/h1,4,6,9-11,14-16H,2-3,5,7H2. The van der Waals surface area contributed by atoms with Crippen molar-refractivity contribution >= 4 is 11.6 Å². The van der Waals surface area contributed by atoms with Crippen molar-refractivity contribution in [2.75, 3.05) is 0 Å². The van der Waals surface area contributed by atoms with Crippen LogP contribution in [0.4, 0.5) is 8.78 Å². The second-order valence-corrected chi connectivity index (χ2v) is 7.09. The van der Waals surface area contributed by atoms with Crippen LogP contribution in [-0.2, 0) is 6.42 Å². The van der Waals surface area contributed by atoms with Crippen LogP contribution >= 0.6 is 11.6 Å².